The van der Waals surface area contributed by atoms with E-state index in [0.717, 1.165) is 11.8 Å². The zero-order valence-electron chi connectivity index (χ0n) is 14.6. The zero-order valence-corrected chi connectivity index (χ0v) is 14.6. The molecule has 1 N–H and O–H groups in total. The number of nitrogens with zero attached hydrogens (tertiary/aromatic N) is 2. The second-order valence-corrected chi connectivity index (χ2v) is 6.39. The van der Waals surface area contributed by atoms with Gasteiger partial charge in [0.15, 0.2) is 0 Å². The van der Waals surface area contributed by atoms with Crippen molar-refractivity contribution >= 4 is 5.57 Å². The molecule has 1 aromatic heterocycles. The van der Waals surface area contributed by atoms with Gasteiger partial charge >= 0.3 is 0 Å². The van der Waals surface area contributed by atoms with E-state index in [4.69, 9.17) is 0 Å². The molecule has 0 bridgehead atoms. The van der Waals surface area contributed by atoms with Gasteiger partial charge in [0.2, 0.25) is 0 Å². The van der Waals surface area contributed by atoms with Crippen molar-refractivity contribution in [3.05, 3.63) is 88.4 Å². The molecule has 136 valence electrons. The van der Waals surface area contributed by atoms with Crippen LogP contribution in [0.1, 0.15) is 22.4 Å². The van der Waals surface area contributed by atoms with Gasteiger partial charge < -0.3 is 5.32 Å². The Balaban J connectivity index is 1.86. The Hall–Kier alpha value is -2.99. The molecule has 0 aliphatic carbocycles. The molecule has 3 aromatic rings. The molecular weight excluding hydrogens is 351 g/mol. The molecule has 4 rings (SSSR count). The van der Waals surface area contributed by atoms with Gasteiger partial charge in [-0.3, -0.25) is 0 Å². The van der Waals surface area contributed by atoms with Gasteiger partial charge in [-0.05, 0) is 48.4 Å². The normalized spacial score (nSPS) is 13.7. The molecule has 0 spiro atoms. The SMILES string of the molecule is Cc1ccc(-c2ccc3c(c2F)CNCC=C3c2ccc(F)cc2F)nn1. The van der Waals surface area contributed by atoms with E-state index in [0.29, 0.717) is 34.5 Å². The first-order valence-electron chi connectivity index (χ1n) is 8.53. The van der Waals surface area contributed by atoms with Gasteiger partial charge in [0.25, 0.3) is 0 Å². The van der Waals surface area contributed by atoms with Crippen molar-refractivity contribution in [1.29, 1.82) is 0 Å². The lowest BCUT2D eigenvalue weighted by Gasteiger charge is -2.15. The monoisotopic (exact) mass is 367 g/mol. The highest BCUT2D eigenvalue weighted by atomic mass is 19.1. The van der Waals surface area contributed by atoms with Crippen LogP contribution in [-0.4, -0.2) is 16.7 Å². The number of aromatic nitrogens is 2. The summed E-state index contributed by atoms with van der Waals surface area (Å²) in [5, 5.41) is 11.2. The zero-order chi connectivity index (χ0) is 19.0. The third-order valence-corrected chi connectivity index (χ3v) is 4.58. The number of hydrogen-bond acceptors (Lipinski definition) is 3. The van der Waals surface area contributed by atoms with Gasteiger partial charge in [-0.15, -0.1) is 0 Å². The molecular formula is C21H16F3N3. The topological polar surface area (TPSA) is 37.8 Å². The first-order chi connectivity index (χ1) is 13.0. The number of fused-ring (bicyclic) bond motifs is 1. The van der Waals surface area contributed by atoms with Crippen molar-refractivity contribution in [2.45, 2.75) is 13.5 Å². The average molecular weight is 367 g/mol. The lowest BCUT2D eigenvalue weighted by molar-refractivity contribution is 0.581. The third-order valence-electron chi connectivity index (χ3n) is 4.58. The lowest BCUT2D eigenvalue weighted by Crippen LogP contribution is -2.13. The van der Waals surface area contributed by atoms with Gasteiger partial charge in [-0.1, -0.05) is 12.1 Å². The molecule has 3 nitrogen and oxygen atoms in total. The smallest absolute Gasteiger partial charge is 0.137 e. The summed E-state index contributed by atoms with van der Waals surface area (Å²) < 4.78 is 42.9. The average Bonchev–Trinajstić information content (AvgIpc) is 2.86. The van der Waals surface area contributed by atoms with Gasteiger partial charge in [0.05, 0.1) is 11.4 Å². The van der Waals surface area contributed by atoms with Crippen molar-refractivity contribution in [3.8, 4) is 11.3 Å². The fourth-order valence-electron chi connectivity index (χ4n) is 3.23. The van der Waals surface area contributed by atoms with Crippen molar-refractivity contribution in [1.82, 2.24) is 15.5 Å². The fraction of sp³-hybridized carbons (Fsp3) is 0.143. The molecule has 6 heteroatoms. The van der Waals surface area contributed by atoms with E-state index in [1.165, 1.54) is 12.1 Å². The highest BCUT2D eigenvalue weighted by Crippen LogP contribution is 2.34. The molecule has 0 amide bonds. The summed E-state index contributed by atoms with van der Waals surface area (Å²) in [5.74, 6) is -1.75. The standard InChI is InChI=1S/C21H16F3N3/c1-12-2-7-20(27-26-12)17-6-5-14-15(8-9-25-11-18(14)21(17)24)16-4-3-13(22)10-19(16)23/h2-8,10,25H,9,11H2,1H3. The van der Waals surface area contributed by atoms with Crippen LogP contribution in [0.5, 0.6) is 0 Å². The Labute approximate surface area is 154 Å². The van der Waals surface area contributed by atoms with Crippen LogP contribution in [0.25, 0.3) is 16.8 Å². The Kier molecular flexibility index (Phi) is 4.49. The molecule has 0 saturated heterocycles. The summed E-state index contributed by atoms with van der Waals surface area (Å²) in [7, 11) is 0. The Morgan fingerprint density at radius 3 is 2.41 bits per heavy atom. The second-order valence-electron chi connectivity index (χ2n) is 6.39. The number of rotatable bonds is 2. The van der Waals surface area contributed by atoms with Crippen molar-refractivity contribution in [2.75, 3.05) is 6.54 Å². The van der Waals surface area contributed by atoms with Crippen LogP contribution in [0.3, 0.4) is 0 Å². The highest BCUT2D eigenvalue weighted by Gasteiger charge is 2.22. The van der Waals surface area contributed by atoms with Crippen LogP contribution in [0.2, 0.25) is 0 Å². The molecule has 2 heterocycles. The summed E-state index contributed by atoms with van der Waals surface area (Å²) in [5.41, 5.74) is 3.28. The van der Waals surface area contributed by atoms with E-state index in [9.17, 15) is 8.78 Å². The Bertz CT molecular complexity index is 1040. The maximum atomic E-state index is 15.3. The molecule has 0 unspecified atom stereocenters. The summed E-state index contributed by atoms with van der Waals surface area (Å²) in [6, 6.07) is 10.3. The predicted octanol–water partition coefficient (Wildman–Crippen LogP) is 4.40. The van der Waals surface area contributed by atoms with E-state index in [1.54, 1.807) is 30.3 Å². The van der Waals surface area contributed by atoms with Gasteiger partial charge in [-0.25, -0.2) is 13.2 Å². The van der Waals surface area contributed by atoms with Crippen LogP contribution in [0, 0.1) is 24.4 Å². The number of nitrogens with one attached hydrogen (secondary N) is 1. The minimum Gasteiger partial charge on any atom is -0.309 e. The van der Waals surface area contributed by atoms with Crippen molar-refractivity contribution in [2.24, 2.45) is 0 Å². The van der Waals surface area contributed by atoms with E-state index >= 15 is 4.39 Å². The maximum absolute atomic E-state index is 15.3. The maximum Gasteiger partial charge on any atom is 0.137 e. The summed E-state index contributed by atoms with van der Waals surface area (Å²) in [6.45, 7) is 2.54. The van der Waals surface area contributed by atoms with E-state index in [2.05, 4.69) is 15.5 Å². The van der Waals surface area contributed by atoms with Crippen LogP contribution in [0.4, 0.5) is 13.2 Å². The van der Waals surface area contributed by atoms with E-state index in [1.807, 2.05) is 6.92 Å². The predicted molar refractivity (Wildman–Crippen MR) is 97.3 cm³/mol. The minimum atomic E-state index is -0.678. The molecule has 1 aliphatic rings. The Morgan fingerprint density at radius 2 is 1.67 bits per heavy atom. The van der Waals surface area contributed by atoms with E-state index in [-0.39, 0.29) is 12.1 Å². The van der Waals surface area contributed by atoms with Crippen molar-refractivity contribution < 1.29 is 13.2 Å². The van der Waals surface area contributed by atoms with E-state index < -0.39 is 17.5 Å². The number of hydrogen-bond donors (Lipinski definition) is 1. The van der Waals surface area contributed by atoms with Crippen LogP contribution in [-0.2, 0) is 6.54 Å². The summed E-state index contributed by atoms with van der Waals surface area (Å²) in [4.78, 5) is 0. The number of benzene rings is 2. The number of halogens is 3. The summed E-state index contributed by atoms with van der Waals surface area (Å²) in [6.07, 6.45) is 1.78. The molecule has 0 atom stereocenters. The first-order valence-corrected chi connectivity index (χ1v) is 8.53. The fourth-order valence-corrected chi connectivity index (χ4v) is 3.23. The lowest BCUT2D eigenvalue weighted by atomic mass is 9.91. The quantitative estimate of drug-likeness (QED) is 0.729. The van der Waals surface area contributed by atoms with Crippen LogP contribution in [0.15, 0.2) is 48.5 Å². The molecule has 0 fully saturated rings. The van der Waals surface area contributed by atoms with Gasteiger partial charge in [0, 0.05) is 35.8 Å². The number of aryl methyl sites for hydroxylation is 1. The highest BCUT2D eigenvalue weighted by molar-refractivity contribution is 5.83. The molecule has 27 heavy (non-hydrogen) atoms. The van der Waals surface area contributed by atoms with Crippen LogP contribution < -0.4 is 5.32 Å². The molecule has 0 radical (unpaired) electrons. The molecule has 1 aliphatic heterocycles. The first kappa shape index (κ1) is 17.4. The third kappa shape index (κ3) is 3.24. The minimum absolute atomic E-state index is 0.239. The largest absolute Gasteiger partial charge is 0.309 e. The molecule has 0 saturated carbocycles. The van der Waals surface area contributed by atoms with Gasteiger partial charge in [-0.2, -0.15) is 10.2 Å². The van der Waals surface area contributed by atoms with Gasteiger partial charge in [0.1, 0.15) is 17.5 Å². The Morgan fingerprint density at radius 1 is 0.889 bits per heavy atom. The second kappa shape index (κ2) is 6.96. The van der Waals surface area contributed by atoms with Crippen LogP contribution >= 0.6 is 0 Å². The summed E-state index contributed by atoms with van der Waals surface area (Å²) >= 11 is 0. The van der Waals surface area contributed by atoms with Crippen molar-refractivity contribution in [3.63, 3.8) is 0 Å². The molecule has 2 aromatic carbocycles.